The van der Waals surface area contributed by atoms with Crippen LogP contribution in [0.25, 0.3) is 11.6 Å². The molecule has 0 saturated heterocycles. The fourth-order valence-electron chi connectivity index (χ4n) is 2.69. The minimum absolute atomic E-state index is 0.680. The molecular weight excluding hydrogens is 362 g/mol. The van der Waals surface area contributed by atoms with Crippen molar-refractivity contribution < 1.29 is 4.42 Å². The van der Waals surface area contributed by atoms with Gasteiger partial charge in [-0.05, 0) is 34.1 Å². The number of hydrogen-bond acceptors (Lipinski definition) is 5. The Balaban J connectivity index is 1.52. The lowest BCUT2D eigenvalue weighted by atomic mass is 10.1. The first kappa shape index (κ1) is 14.1. The Kier molecular flexibility index (Phi) is 3.82. The monoisotopic (exact) mass is 375 g/mol. The first-order valence-electron chi connectivity index (χ1n) is 7.12. The number of aromatic nitrogens is 2. The maximum atomic E-state index is 5.37. The zero-order valence-electron chi connectivity index (χ0n) is 11.8. The standard InChI is InChI=1S/C16H14BrN3OS/c17-12-6-13(22-10-12)9-20-4-3-14-11(8-20)7-18-16(19-14)15-2-1-5-21-15/h1-2,5-7,10H,3-4,8-9H2. The van der Waals surface area contributed by atoms with E-state index in [1.54, 1.807) is 17.6 Å². The van der Waals surface area contributed by atoms with Gasteiger partial charge in [-0.25, -0.2) is 9.97 Å². The van der Waals surface area contributed by atoms with Crippen LogP contribution in [0, 0.1) is 0 Å². The van der Waals surface area contributed by atoms with E-state index >= 15 is 0 Å². The molecule has 0 spiro atoms. The van der Waals surface area contributed by atoms with Crippen LogP contribution in [0.5, 0.6) is 0 Å². The molecule has 0 fully saturated rings. The summed E-state index contributed by atoms with van der Waals surface area (Å²) in [6.07, 6.45) is 4.55. The van der Waals surface area contributed by atoms with Crippen LogP contribution in [0.4, 0.5) is 0 Å². The lowest BCUT2D eigenvalue weighted by Crippen LogP contribution is -2.30. The van der Waals surface area contributed by atoms with Crippen LogP contribution < -0.4 is 0 Å². The van der Waals surface area contributed by atoms with Gasteiger partial charge in [0, 0.05) is 52.5 Å². The minimum Gasteiger partial charge on any atom is -0.461 e. The first-order chi connectivity index (χ1) is 10.8. The highest BCUT2D eigenvalue weighted by Crippen LogP contribution is 2.25. The largest absolute Gasteiger partial charge is 0.461 e. The zero-order valence-corrected chi connectivity index (χ0v) is 14.2. The van der Waals surface area contributed by atoms with Crippen molar-refractivity contribution >= 4 is 27.3 Å². The number of nitrogens with zero attached hydrogens (tertiary/aromatic N) is 3. The molecule has 4 rings (SSSR count). The number of fused-ring (bicyclic) bond motifs is 1. The van der Waals surface area contributed by atoms with Gasteiger partial charge in [0.1, 0.15) is 0 Å². The van der Waals surface area contributed by atoms with Gasteiger partial charge in [-0.1, -0.05) is 0 Å². The summed E-state index contributed by atoms with van der Waals surface area (Å²) in [5.74, 6) is 1.41. The molecular formula is C16H14BrN3OS. The van der Waals surface area contributed by atoms with Crippen molar-refractivity contribution in [1.29, 1.82) is 0 Å². The summed E-state index contributed by atoms with van der Waals surface area (Å²) < 4.78 is 6.54. The van der Waals surface area contributed by atoms with E-state index in [1.165, 1.54) is 10.4 Å². The fraction of sp³-hybridized carbons (Fsp3) is 0.250. The van der Waals surface area contributed by atoms with Crippen molar-refractivity contribution in [3.05, 3.63) is 56.6 Å². The zero-order chi connectivity index (χ0) is 14.9. The molecule has 22 heavy (non-hydrogen) atoms. The van der Waals surface area contributed by atoms with Crippen LogP contribution in [-0.2, 0) is 19.5 Å². The number of rotatable bonds is 3. The molecule has 1 aliphatic heterocycles. The molecule has 0 atom stereocenters. The summed E-state index contributed by atoms with van der Waals surface area (Å²) in [7, 11) is 0. The van der Waals surface area contributed by atoms with Crippen molar-refractivity contribution in [2.24, 2.45) is 0 Å². The van der Waals surface area contributed by atoms with Gasteiger partial charge in [-0.2, -0.15) is 0 Å². The van der Waals surface area contributed by atoms with E-state index in [9.17, 15) is 0 Å². The summed E-state index contributed by atoms with van der Waals surface area (Å²) >= 11 is 5.31. The highest BCUT2D eigenvalue weighted by atomic mass is 79.9. The Hall–Kier alpha value is -1.50. The molecule has 3 aromatic rings. The topological polar surface area (TPSA) is 42.2 Å². The molecule has 0 aromatic carbocycles. The van der Waals surface area contributed by atoms with Crippen molar-refractivity contribution in [3.63, 3.8) is 0 Å². The lowest BCUT2D eigenvalue weighted by Gasteiger charge is -2.27. The van der Waals surface area contributed by atoms with Gasteiger partial charge in [-0.3, -0.25) is 4.90 Å². The van der Waals surface area contributed by atoms with Gasteiger partial charge in [-0.15, -0.1) is 11.3 Å². The van der Waals surface area contributed by atoms with E-state index in [0.29, 0.717) is 5.82 Å². The quantitative estimate of drug-likeness (QED) is 0.690. The SMILES string of the molecule is Brc1csc(CN2CCc3nc(-c4ccco4)ncc3C2)c1. The number of hydrogen-bond donors (Lipinski definition) is 0. The third-order valence-electron chi connectivity index (χ3n) is 3.76. The van der Waals surface area contributed by atoms with E-state index in [1.807, 2.05) is 18.3 Å². The molecule has 0 radical (unpaired) electrons. The second-order valence-electron chi connectivity index (χ2n) is 5.33. The van der Waals surface area contributed by atoms with E-state index in [-0.39, 0.29) is 0 Å². The first-order valence-corrected chi connectivity index (χ1v) is 8.79. The van der Waals surface area contributed by atoms with E-state index in [2.05, 4.69) is 42.2 Å². The number of thiophene rings is 1. The Bertz CT molecular complexity index is 785. The molecule has 0 unspecified atom stereocenters. The van der Waals surface area contributed by atoms with Crippen LogP contribution >= 0.6 is 27.3 Å². The molecule has 0 bridgehead atoms. The predicted octanol–water partition coefficient (Wildman–Crippen LogP) is 4.12. The van der Waals surface area contributed by atoms with Crippen LogP contribution in [0.3, 0.4) is 0 Å². The minimum atomic E-state index is 0.680. The lowest BCUT2D eigenvalue weighted by molar-refractivity contribution is 0.245. The van der Waals surface area contributed by atoms with Crippen molar-refractivity contribution in [1.82, 2.24) is 14.9 Å². The second kappa shape index (κ2) is 5.95. The molecule has 0 N–H and O–H groups in total. The number of furan rings is 1. The number of halogens is 1. The summed E-state index contributed by atoms with van der Waals surface area (Å²) in [6.45, 7) is 2.91. The van der Waals surface area contributed by atoms with Gasteiger partial charge in [0.05, 0.1) is 12.0 Å². The normalized spacial score (nSPS) is 15.0. The van der Waals surface area contributed by atoms with E-state index in [4.69, 9.17) is 4.42 Å². The van der Waals surface area contributed by atoms with Crippen LogP contribution in [-0.4, -0.2) is 21.4 Å². The molecule has 0 aliphatic carbocycles. The third-order valence-corrected chi connectivity index (χ3v) is 5.44. The van der Waals surface area contributed by atoms with Crippen LogP contribution in [0.1, 0.15) is 16.1 Å². The highest BCUT2D eigenvalue weighted by molar-refractivity contribution is 9.10. The molecule has 0 amide bonds. The maximum Gasteiger partial charge on any atom is 0.195 e. The third kappa shape index (κ3) is 2.86. The summed E-state index contributed by atoms with van der Waals surface area (Å²) in [5, 5.41) is 2.13. The van der Waals surface area contributed by atoms with Crippen LogP contribution in [0.2, 0.25) is 0 Å². The maximum absolute atomic E-state index is 5.37. The van der Waals surface area contributed by atoms with Gasteiger partial charge in [0.25, 0.3) is 0 Å². The Morgan fingerprint density at radius 2 is 2.36 bits per heavy atom. The van der Waals surface area contributed by atoms with Gasteiger partial charge in [0.15, 0.2) is 11.6 Å². The Labute approximate surface area is 141 Å². The molecule has 0 saturated carbocycles. The van der Waals surface area contributed by atoms with Gasteiger partial charge >= 0.3 is 0 Å². The molecule has 4 heterocycles. The Morgan fingerprint density at radius 1 is 1.41 bits per heavy atom. The van der Waals surface area contributed by atoms with Gasteiger partial charge in [0.2, 0.25) is 0 Å². The average molecular weight is 376 g/mol. The Morgan fingerprint density at radius 3 is 3.14 bits per heavy atom. The molecule has 6 heteroatoms. The molecule has 3 aromatic heterocycles. The van der Waals surface area contributed by atoms with E-state index in [0.717, 1.165) is 42.0 Å². The fourth-order valence-corrected chi connectivity index (χ4v) is 4.18. The summed E-state index contributed by atoms with van der Waals surface area (Å²) in [5.41, 5.74) is 2.36. The van der Waals surface area contributed by atoms with Crippen molar-refractivity contribution in [3.8, 4) is 11.6 Å². The predicted molar refractivity (Wildman–Crippen MR) is 89.6 cm³/mol. The second-order valence-corrected chi connectivity index (χ2v) is 7.25. The van der Waals surface area contributed by atoms with Crippen molar-refractivity contribution in [2.45, 2.75) is 19.5 Å². The van der Waals surface area contributed by atoms with Gasteiger partial charge < -0.3 is 4.42 Å². The summed E-state index contributed by atoms with van der Waals surface area (Å²) in [4.78, 5) is 12.9. The van der Waals surface area contributed by atoms with Crippen molar-refractivity contribution in [2.75, 3.05) is 6.54 Å². The summed E-state index contributed by atoms with van der Waals surface area (Å²) in [6, 6.07) is 5.95. The average Bonchev–Trinajstić information content (AvgIpc) is 3.19. The molecule has 4 nitrogen and oxygen atoms in total. The van der Waals surface area contributed by atoms with E-state index < -0.39 is 0 Å². The van der Waals surface area contributed by atoms with Crippen LogP contribution in [0.15, 0.2) is 44.9 Å². The highest BCUT2D eigenvalue weighted by Gasteiger charge is 2.19. The smallest absolute Gasteiger partial charge is 0.195 e. The molecule has 1 aliphatic rings. The molecule has 112 valence electrons.